The Labute approximate surface area is 185 Å². The van der Waals surface area contributed by atoms with Crippen LogP contribution in [0.5, 0.6) is 5.75 Å². The van der Waals surface area contributed by atoms with Crippen molar-refractivity contribution in [1.29, 1.82) is 0 Å². The lowest BCUT2D eigenvalue weighted by molar-refractivity contribution is 0.266. The van der Waals surface area contributed by atoms with E-state index in [1.807, 2.05) is 6.07 Å². The van der Waals surface area contributed by atoms with Crippen molar-refractivity contribution in [2.24, 2.45) is 7.05 Å². The topological polar surface area (TPSA) is 52.3 Å². The van der Waals surface area contributed by atoms with Crippen LogP contribution in [-0.4, -0.2) is 32.1 Å². The Morgan fingerprint density at radius 1 is 1.16 bits per heavy atom. The first-order valence-corrected chi connectivity index (χ1v) is 10.8. The summed E-state index contributed by atoms with van der Waals surface area (Å²) in [6.07, 6.45) is 3.91. The molecule has 3 aromatic heterocycles. The Hall–Kier alpha value is -3.45. The van der Waals surface area contributed by atoms with Crippen molar-refractivity contribution in [2.75, 3.05) is 13.1 Å². The van der Waals surface area contributed by atoms with Gasteiger partial charge in [-0.3, -0.25) is 19.2 Å². The first-order valence-electron chi connectivity index (χ1n) is 10.8. The molecule has 0 radical (unpaired) electrons. The van der Waals surface area contributed by atoms with Crippen LogP contribution in [0, 0.1) is 5.82 Å². The Bertz CT molecular complexity index is 1340. The minimum absolute atomic E-state index is 0.166. The third-order valence-electron chi connectivity index (χ3n) is 6.26. The third kappa shape index (κ3) is 3.69. The molecule has 0 N–H and O–H groups in total. The second-order valence-electron chi connectivity index (χ2n) is 8.13. The number of halogens is 1. The van der Waals surface area contributed by atoms with Crippen LogP contribution in [0.15, 0.2) is 59.7 Å². The number of hydrogen-bond donors (Lipinski definition) is 0. The number of nitrogens with zero attached hydrogens (tertiary/aromatic N) is 4. The number of aromatic nitrogens is 3. The molecular formula is C25H25FN4O2. The number of hydrogen-bond acceptors (Lipinski definition) is 4. The molecule has 4 heterocycles. The van der Waals surface area contributed by atoms with Crippen LogP contribution in [0.4, 0.5) is 4.39 Å². The molecule has 164 valence electrons. The number of rotatable bonds is 5. The zero-order valence-corrected chi connectivity index (χ0v) is 18.2. The van der Waals surface area contributed by atoms with Gasteiger partial charge in [0.1, 0.15) is 18.2 Å². The van der Waals surface area contributed by atoms with Crippen LogP contribution >= 0.6 is 0 Å². The molecule has 6 nitrogen and oxygen atoms in total. The van der Waals surface area contributed by atoms with Gasteiger partial charge in [-0.25, -0.2) is 4.39 Å². The molecule has 7 heteroatoms. The summed E-state index contributed by atoms with van der Waals surface area (Å²) < 4.78 is 22.5. The predicted octanol–water partition coefficient (Wildman–Crippen LogP) is 3.82. The van der Waals surface area contributed by atoms with Gasteiger partial charge in [0.05, 0.1) is 23.1 Å². The van der Waals surface area contributed by atoms with E-state index in [1.165, 1.54) is 28.8 Å². The number of ether oxygens (including phenoxy) is 1. The summed E-state index contributed by atoms with van der Waals surface area (Å²) in [7, 11) is 2.11. The Morgan fingerprint density at radius 3 is 2.78 bits per heavy atom. The SMILES string of the molecule is CCN1CCc2c(c3ccc(-n4ccc(OCc5ccc(F)cn5)cc4=O)cc3n2C)C1. The fraction of sp³-hybridized carbons (Fsp3) is 0.280. The standard InChI is InChI=1S/C25H25FN4O2/c1-3-29-10-9-23-22(15-29)21-7-6-19(12-24(21)28(23)2)30-11-8-20(13-25(30)31)32-16-18-5-4-17(26)14-27-18/h4-8,11-14H,3,9-10,15-16H2,1-2H3. The van der Waals surface area contributed by atoms with Crippen molar-refractivity contribution in [1.82, 2.24) is 19.0 Å². The van der Waals surface area contributed by atoms with E-state index < -0.39 is 5.82 Å². The maximum Gasteiger partial charge on any atom is 0.258 e. The molecule has 0 unspecified atom stereocenters. The van der Waals surface area contributed by atoms with Crippen LogP contribution in [0.25, 0.3) is 16.6 Å². The Morgan fingerprint density at radius 2 is 2.03 bits per heavy atom. The highest BCUT2D eigenvalue weighted by Crippen LogP contribution is 2.31. The summed E-state index contributed by atoms with van der Waals surface area (Å²) in [6, 6.07) is 12.3. The Balaban J connectivity index is 1.42. The number of pyridine rings is 2. The summed E-state index contributed by atoms with van der Waals surface area (Å²) in [5.74, 6) is 0.0579. The lowest BCUT2D eigenvalue weighted by atomic mass is 10.0. The van der Waals surface area contributed by atoms with Gasteiger partial charge in [0.2, 0.25) is 0 Å². The van der Waals surface area contributed by atoms with Crippen LogP contribution in [-0.2, 0) is 26.6 Å². The fourth-order valence-corrected chi connectivity index (χ4v) is 4.45. The predicted molar refractivity (Wildman–Crippen MR) is 122 cm³/mol. The maximum absolute atomic E-state index is 13.0. The van der Waals surface area contributed by atoms with Crippen LogP contribution < -0.4 is 10.3 Å². The molecule has 0 saturated heterocycles. The minimum atomic E-state index is -0.393. The maximum atomic E-state index is 13.0. The quantitative estimate of drug-likeness (QED) is 0.481. The van der Waals surface area contributed by atoms with Gasteiger partial charge in [0.15, 0.2) is 0 Å². The van der Waals surface area contributed by atoms with Crippen LogP contribution in [0.2, 0.25) is 0 Å². The molecular weight excluding hydrogens is 407 g/mol. The lowest BCUT2D eigenvalue weighted by Crippen LogP contribution is -2.30. The van der Waals surface area contributed by atoms with Gasteiger partial charge in [-0.1, -0.05) is 13.0 Å². The van der Waals surface area contributed by atoms with Crippen molar-refractivity contribution in [3.05, 3.63) is 88.0 Å². The number of likely N-dealkylation sites (N-methyl/N-ethyl adjacent to an activating group) is 1. The average Bonchev–Trinajstić information content (AvgIpc) is 3.09. The van der Waals surface area contributed by atoms with Gasteiger partial charge in [-0.05, 0) is 42.4 Å². The van der Waals surface area contributed by atoms with Gasteiger partial charge in [-0.2, -0.15) is 0 Å². The highest BCUT2D eigenvalue weighted by atomic mass is 19.1. The number of aryl methyl sites for hydroxylation is 1. The van der Waals surface area contributed by atoms with Gasteiger partial charge >= 0.3 is 0 Å². The summed E-state index contributed by atoms with van der Waals surface area (Å²) >= 11 is 0. The third-order valence-corrected chi connectivity index (χ3v) is 6.26. The van der Waals surface area contributed by atoms with Gasteiger partial charge < -0.3 is 9.30 Å². The van der Waals surface area contributed by atoms with Gasteiger partial charge in [0, 0.05) is 49.9 Å². The summed E-state index contributed by atoms with van der Waals surface area (Å²) in [4.78, 5) is 19.2. The summed E-state index contributed by atoms with van der Waals surface area (Å²) in [6.45, 7) is 5.46. The molecule has 1 aromatic carbocycles. The molecule has 1 aliphatic rings. The molecule has 0 atom stereocenters. The van der Waals surface area contributed by atoms with E-state index in [0.29, 0.717) is 11.4 Å². The van der Waals surface area contributed by atoms with E-state index in [9.17, 15) is 9.18 Å². The lowest BCUT2D eigenvalue weighted by Gasteiger charge is -2.26. The molecule has 32 heavy (non-hydrogen) atoms. The first kappa shape index (κ1) is 20.5. The Kier molecular flexibility index (Phi) is 5.27. The van der Waals surface area contributed by atoms with Gasteiger partial charge in [-0.15, -0.1) is 0 Å². The second-order valence-corrected chi connectivity index (χ2v) is 8.13. The fourth-order valence-electron chi connectivity index (χ4n) is 4.45. The molecule has 0 aliphatic carbocycles. The van der Waals surface area contributed by atoms with Crippen LogP contribution in [0.1, 0.15) is 23.9 Å². The monoisotopic (exact) mass is 432 g/mol. The summed E-state index contributed by atoms with van der Waals surface area (Å²) in [5, 5.41) is 1.25. The van der Waals surface area contributed by atoms with Gasteiger partial charge in [0.25, 0.3) is 5.56 Å². The molecule has 0 saturated carbocycles. The molecule has 0 bridgehead atoms. The highest BCUT2D eigenvalue weighted by molar-refractivity contribution is 5.87. The van der Waals surface area contributed by atoms with E-state index >= 15 is 0 Å². The molecule has 0 amide bonds. The normalized spacial score (nSPS) is 14.0. The van der Waals surface area contributed by atoms with Crippen molar-refractivity contribution >= 4 is 10.9 Å². The molecule has 0 spiro atoms. The zero-order chi connectivity index (χ0) is 22.2. The molecule has 4 aromatic rings. The largest absolute Gasteiger partial charge is 0.487 e. The van der Waals surface area contributed by atoms with Crippen molar-refractivity contribution < 1.29 is 9.13 Å². The van der Waals surface area contributed by atoms with Crippen LogP contribution in [0.3, 0.4) is 0 Å². The average molecular weight is 432 g/mol. The van der Waals surface area contributed by atoms with E-state index in [2.05, 4.69) is 40.6 Å². The van der Waals surface area contributed by atoms with E-state index in [0.717, 1.165) is 43.5 Å². The van der Waals surface area contributed by atoms with E-state index in [1.54, 1.807) is 22.9 Å². The number of fused-ring (bicyclic) bond motifs is 3. The number of benzene rings is 1. The van der Waals surface area contributed by atoms with E-state index in [4.69, 9.17) is 4.74 Å². The zero-order valence-electron chi connectivity index (χ0n) is 18.2. The van der Waals surface area contributed by atoms with Crippen molar-refractivity contribution in [3.8, 4) is 11.4 Å². The second kappa shape index (κ2) is 8.24. The highest BCUT2D eigenvalue weighted by Gasteiger charge is 2.22. The van der Waals surface area contributed by atoms with Crippen molar-refractivity contribution in [2.45, 2.75) is 26.5 Å². The first-order chi connectivity index (χ1) is 15.5. The molecule has 1 aliphatic heterocycles. The van der Waals surface area contributed by atoms with Crippen molar-refractivity contribution in [3.63, 3.8) is 0 Å². The smallest absolute Gasteiger partial charge is 0.258 e. The minimum Gasteiger partial charge on any atom is -0.487 e. The molecule has 0 fully saturated rings. The molecule has 5 rings (SSSR count). The van der Waals surface area contributed by atoms with E-state index in [-0.39, 0.29) is 12.2 Å². The summed E-state index contributed by atoms with van der Waals surface area (Å²) in [5.41, 5.74) is 5.15.